The maximum Gasteiger partial charge on any atom is 0.0435 e. The van der Waals surface area contributed by atoms with E-state index >= 15 is 0 Å². The van der Waals surface area contributed by atoms with Crippen molar-refractivity contribution in [2.45, 2.75) is 22.1 Å². The van der Waals surface area contributed by atoms with Crippen molar-refractivity contribution >= 4 is 22.5 Å². The predicted molar refractivity (Wildman–Crippen MR) is 156 cm³/mol. The molecule has 1 atom stereocenters. The molecule has 0 N–H and O–H groups in total. The first-order chi connectivity index (χ1) is 18.2. The van der Waals surface area contributed by atoms with Crippen LogP contribution in [0.4, 0.5) is 0 Å². The van der Waals surface area contributed by atoms with Gasteiger partial charge in [-0.05, 0) is 80.6 Å². The minimum atomic E-state index is -0.161. The fourth-order valence-electron chi connectivity index (χ4n) is 6.58. The zero-order valence-electron chi connectivity index (χ0n) is 20.5. The van der Waals surface area contributed by atoms with Gasteiger partial charge in [-0.2, -0.15) is 0 Å². The Morgan fingerprint density at radius 1 is 0.486 bits per heavy atom. The van der Waals surface area contributed by atoms with Gasteiger partial charge in [0.2, 0.25) is 0 Å². The summed E-state index contributed by atoms with van der Waals surface area (Å²) in [6.45, 7) is 2.38. The van der Waals surface area contributed by atoms with Crippen LogP contribution in [0.25, 0.3) is 44.2 Å². The largest absolute Gasteiger partial charge is 0.0888 e. The molecule has 0 bridgehead atoms. The highest BCUT2D eigenvalue weighted by Crippen LogP contribution is 2.54. The molecule has 6 aromatic carbocycles. The molecule has 1 heteroatoms. The number of hydrogen-bond donors (Lipinski definition) is 0. The minimum absolute atomic E-state index is 0.161. The molecular formula is C36H24S. The second-order valence-corrected chi connectivity index (χ2v) is 11.3. The van der Waals surface area contributed by atoms with Gasteiger partial charge >= 0.3 is 0 Å². The van der Waals surface area contributed by atoms with Gasteiger partial charge in [-0.25, -0.2) is 0 Å². The van der Waals surface area contributed by atoms with Crippen molar-refractivity contribution in [2.24, 2.45) is 0 Å². The maximum absolute atomic E-state index is 2.43. The van der Waals surface area contributed by atoms with Gasteiger partial charge in [0.25, 0.3) is 0 Å². The van der Waals surface area contributed by atoms with E-state index in [1.807, 2.05) is 11.8 Å². The predicted octanol–water partition coefficient (Wildman–Crippen LogP) is 9.97. The first-order valence-corrected chi connectivity index (χ1v) is 13.7. The molecule has 0 fully saturated rings. The third-order valence-electron chi connectivity index (χ3n) is 8.38. The van der Waals surface area contributed by atoms with Gasteiger partial charge in [0.15, 0.2) is 0 Å². The summed E-state index contributed by atoms with van der Waals surface area (Å²) in [7, 11) is 0. The van der Waals surface area contributed by atoms with Crippen molar-refractivity contribution in [3.8, 4) is 33.4 Å². The molecule has 0 spiro atoms. The molecule has 1 aliphatic carbocycles. The lowest BCUT2D eigenvalue weighted by molar-refractivity contribution is 0.714. The topological polar surface area (TPSA) is 0 Å². The normalized spacial score (nSPS) is 16.8. The summed E-state index contributed by atoms with van der Waals surface area (Å²) in [4.78, 5) is 2.68. The van der Waals surface area contributed by atoms with Crippen LogP contribution in [0.3, 0.4) is 0 Å². The van der Waals surface area contributed by atoms with Crippen LogP contribution in [0.1, 0.15) is 23.6 Å². The summed E-state index contributed by atoms with van der Waals surface area (Å²) in [6, 6.07) is 47.2. The molecule has 0 radical (unpaired) electrons. The van der Waals surface area contributed by atoms with Gasteiger partial charge in [0.1, 0.15) is 0 Å². The molecule has 0 saturated heterocycles. The van der Waals surface area contributed by atoms with E-state index in [1.165, 1.54) is 70.6 Å². The molecule has 0 amide bonds. The summed E-state index contributed by atoms with van der Waals surface area (Å²) in [5.41, 5.74) is 11.9. The highest BCUT2D eigenvalue weighted by Gasteiger charge is 2.40. The van der Waals surface area contributed by atoms with Crippen molar-refractivity contribution in [2.75, 3.05) is 0 Å². The molecule has 6 aromatic rings. The second-order valence-electron chi connectivity index (χ2n) is 10.2. The fraction of sp³-hybridized carbons (Fsp3) is 0.0556. The van der Waals surface area contributed by atoms with Crippen LogP contribution in [0, 0.1) is 0 Å². The van der Waals surface area contributed by atoms with E-state index < -0.39 is 0 Å². The lowest BCUT2D eigenvalue weighted by atomic mass is 9.74. The van der Waals surface area contributed by atoms with Crippen LogP contribution in [0.2, 0.25) is 0 Å². The average Bonchev–Trinajstić information content (AvgIpc) is 3.23. The van der Waals surface area contributed by atoms with Crippen molar-refractivity contribution in [3.63, 3.8) is 0 Å². The Hall–Kier alpha value is -4.07. The second kappa shape index (κ2) is 7.71. The molecule has 8 rings (SSSR count). The summed E-state index contributed by atoms with van der Waals surface area (Å²) in [5.74, 6) is 0. The third-order valence-corrected chi connectivity index (χ3v) is 9.51. The van der Waals surface area contributed by atoms with Crippen molar-refractivity contribution < 1.29 is 0 Å². The number of benzene rings is 6. The van der Waals surface area contributed by atoms with Gasteiger partial charge in [-0.3, -0.25) is 0 Å². The highest BCUT2D eigenvalue weighted by molar-refractivity contribution is 7.99. The first kappa shape index (κ1) is 21.1. The van der Waals surface area contributed by atoms with Crippen molar-refractivity contribution in [1.82, 2.24) is 0 Å². The molecule has 2 aliphatic rings. The standard InChI is InChI=1S/C36H24S/c1-36(24-10-3-2-4-11-24)31-16-7-5-12-26(31)30-22-23(18-20-32(30)36)25-19-21-34-35-28(25)14-9-15-29(35)27-13-6-8-17-33(27)37-34/h2-22H,1H3. The zero-order chi connectivity index (χ0) is 24.6. The molecule has 0 saturated carbocycles. The molecule has 37 heavy (non-hydrogen) atoms. The van der Waals surface area contributed by atoms with E-state index in [2.05, 4.69) is 134 Å². The molecule has 1 heterocycles. The van der Waals surface area contributed by atoms with E-state index in [0.29, 0.717) is 0 Å². The zero-order valence-corrected chi connectivity index (χ0v) is 21.3. The Morgan fingerprint density at radius 3 is 2.11 bits per heavy atom. The highest BCUT2D eigenvalue weighted by atomic mass is 32.2. The average molecular weight is 489 g/mol. The SMILES string of the molecule is CC1(c2ccccc2)c2ccccc2-c2cc(-c3ccc4c5c(cccc35)-c3ccccc3S4)ccc21. The Kier molecular flexibility index (Phi) is 4.39. The molecule has 0 aromatic heterocycles. The summed E-state index contributed by atoms with van der Waals surface area (Å²) in [5, 5.41) is 2.70. The minimum Gasteiger partial charge on any atom is -0.0888 e. The quantitative estimate of drug-likeness (QED) is 0.233. The molecule has 1 unspecified atom stereocenters. The van der Waals surface area contributed by atoms with Crippen LogP contribution in [0.15, 0.2) is 137 Å². The van der Waals surface area contributed by atoms with Gasteiger partial charge in [-0.1, -0.05) is 121 Å². The Bertz CT molecular complexity index is 1860. The van der Waals surface area contributed by atoms with Crippen LogP contribution >= 0.6 is 11.8 Å². The van der Waals surface area contributed by atoms with Crippen molar-refractivity contribution in [3.05, 3.63) is 144 Å². The van der Waals surface area contributed by atoms with E-state index in [1.54, 1.807) is 0 Å². The monoisotopic (exact) mass is 488 g/mol. The third kappa shape index (κ3) is 2.86. The Labute approximate surface area is 221 Å². The van der Waals surface area contributed by atoms with Crippen LogP contribution in [0.5, 0.6) is 0 Å². The fourth-order valence-corrected chi connectivity index (χ4v) is 7.71. The Balaban J connectivity index is 1.36. The number of rotatable bonds is 2. The van der Waals surface area contributed by atoms with E-state index in [4.69, 9.17) is 0 Å². The lowest BCUT2D eigenvalue weighted by Gasteiger charge is -2.28. The summed E-state index contributed by atoms with van der Waals surface area (Å²) < 4.78 is 0. The van der Waals surface area contributed by atoms with Gasteiger partial charge in [0.05, 0.1) is 0 Å². The van der Waals surface area contributed by atoms with Crippen LogP contribution < -0.4 is 0 Å². The van der Waals surface area contributed by atoms with Crippen molar-refractivity contribution in [1.29, 1.82) is 0 Å². The molecular weight excluding hydrogens is 464 g/mol. The molecule has 1 aliphatic heterocycles. The van der Waals surface area contributed by atoms with E-state index in [-0.39, 0.29) is 5.41 Å². The van der Waals surface area contributed by atoms with Gasteiger partial charge < -0.3 is 0 Å². The van der Waals surface area contributed by atoms with E-state index in [0.717, 1.165) is 0 Å². The molecule has 174 valence electrons. The van der Waals surface area contributed by atoms with E-state index in [9.17, 15) is 0 Å². The maximum atomic E-state index is 2.43. The number of fused-ring (bicyclic) bond motifs is 5. The summed E-state index contributed by atoms with van der Waals surface area (Å²) >= 11 is 1.89. The lowest BCUT2D eigenvalue weighted by Crippen LogP contribution is -2.22. The first-order valence-electron chi connectivity index (χ1n) is 12.9. The Morgan fingerprint density at radius 2 is 1.22 bits per heavy atom. The van der Waals surface area contributed by atoms with Crippen LogP contribution in [-0.4, -0.2) is 0 Å². The molecule has 0 nitrogen and oxygen atoms in total. The smallest absolute Gasteiger partial charge is 0.0435 e. The van der Waals surface area contributed by atoms with Gasteiger partial charge in [-0.15, -0.1) is 0 Å². The van der Waals surface area contributed by atoms with Crippen LogP contribution in [-0.2, 0) is 5.41 Å². The summed E-state index contributed by atoms with van der Waals surface area (Å²) in [6.07, 6.45) is 0. The number of hydrogen-bond acceptors (Lipinski definition) is 1. The van der Waals surface area contributed by atoms with Gasteiger partial charge in [0, 0.05) is 20.6 Å².